The Morgan fingerprint density at radius 3 is 2.67 bits per heavy atom. The van der Waals surface area contributed by atoms with Gasteiger partial charge in [-0.2, -0.15) is 0 Å². The van der Waals surface area contributed by atoms with E-state index in [-0.39, 0.29) is 4.75 Å². The number of allylic oxidation sites excluding steroid dienone is 1. The quantitative estimate of drug-likeness (QED) is 0.706. The summed E-state index contributed by atoms with van der Waals surface area (Å²) in [4.78, 5) is 12.3. The lowest BCUT2D eigenvalue weighted by atomic mass is 10.0. The van der Waals surface area contributed by atoms with E-state index in [4.69, 9.17) is 0 Å². The van der Waals surface area contributed by atoms with E-state index >= 15 is 0 Å². The molecule has 76 valence electrons. The van der Waals surface area contributed by atoms with E-state index in [0.717, 1.165) is 12.0 Å². The van der Waals surface area contributed by atoms with Gasteiger partial charge in [0.25, 0.3) is 0 Å². The van der Waals surface area contributed by atoms with E-state index in [0.29, 0.717) is 11.7 Å². The number of hydrogen-bond acceptors (Lipinski definition) is 2. The lowest BCUT2D eigenvalue weighted by molar-refractivity contribution is 0.0979. The molecule has 0 amide bonds. The summed E-state index contributed by atoms with van der Waals surface area (Å²) in [5.74, 6) is 0.804. The molecule has 1 heterocycles. The Kier molecular flexibility index (Phi) is 1.84. The zero-order chi connectivity index (χ0) is 10.5. The average molecular weight is 216 g/mol. The summed E-state index contributed by atoms with van der Waals surface area (Å²) < 4.78 is -0.116. The molecule has 3 rings (SSSR count). The summed E-state index contributed by atoms with van der Waals surface area (Å²) in [7, 11) is 0. The summed E-state index contributed by atoms with van der Waals surface area (Å²) >= 11 is 1.70. The van der Waals surface area contributed by atoms with Crippen LogP contribution in [0.4, 0.5) is 0 Å². The fraction of sp³-hybridized carbons (Fsp3) is 0.308. The zero-order valence-corrected chi connectivity index (χ0v) is 9.38. The van der Waals surface area contributed by atoms with Gasteiger partial charge in [-0.1, -0.05) is 35.9 Å². The summed E-state index contributed by atoms with van der Waals surface area (Å²) in [6.45, 7) is 2.04. The van der Waals surface area contributed by atoms with Gasteiger partial charge in [-0.3, -0.25) is 4.79 Å². The number of thioether (sulfide) groups is 1. The molecule has 0 bridgehead atoms. The number of Topliss-reactive ketones (excluding diaryl/α,β-unsaturated/α-hetero) is 1. The molecule has 0 aromatic heterocycles. The Morgan fingerprint density at radius 1 is 1.40 bits per heavy atom. The van der Waals surface area contributed by atoms with Crippen molar-refractivity contribution in [1.29, 1.82) is 0 Å². The first kappa shape index (κ1) is 9.22. The molecule has 15 heavy (non-hydrogen) atoms. The third-order valence-electron chi connectivity index (χ3n) is 3.25. The highest BCUT2D eigenvalue weighted by atomic mass is 32.2. The van der Waals surface area contributed by atoms with Gasteiger partial charge in [0, 0.05) is 11.5 Å². The van der Waals surface area contributed by atoms with Crippen LogP contribution in [0.1, 0.15) is 22.3 Å². The predicted octanol–water partition coefficient (Wildman–Crippen LogP) is 3.20. The first-order chi connectivity index (χ1) is 7.22. The van der Waals surface area contributed by atoms with E-state index < -0.39 is 0 Å². The van der Waals surface area contributed by atoms with Crippen LogP contribution < -0.4 is 0 Å². The van der Waals surface area contributed by atoms with Crippen molar-refractivity contribution in [1.82, 2.24) is 0 Å². The minimum atomic E-state index is -0.116. The molecule has 0 spiro atoms. The summed E-state index contributed by atoms with van der Waals surface area (Å²) in [5.41, 5.74) is 2.06. The molecule has 0 saturated heterocycles. The first-order valence-electron chi connectivity index (χ1n) is 5.18. The van der Waals surface area contributed by atoms with Crippen molar-refractivity contribution in [2.45, 2.75) is 18.1 Å². The van der Waals surface area contributed by atoms with Gasteiger partial charge < -0.3 is 0 Å². The number of carbonyl (C=O) groups is 1. The summed E-state index contributed by atoms with van der Waals surface area (Å²) in [6, 6.07) is 7.91. The van der Waals surface area contributed by atoms with E-state index in [1.165, 1.54) is 5.56 Å². The zero-order valence-electron chi connectivity index (χ0n) is 8.57. The van der Waals surface area contributed by atoms with Crippen molar-refractivity contribution in [3.63, 3.8) is 0 Å². The maximum Gasteiger partial charge on any atom is 0.179 e. The van der Waals surface area contributed by atoms with Crippen molar-refractivity contribution in [3.8, 4) is 0 Å². The van der Waals surface area contributed by atoms with Crippen molar-refractivity contribution < 1.29 is 4.79 Å². The van der Waals surface area contributed by atoms with Crippen LogP contribution in [0.5, 0.6) is 0 Å². The van der Waals surface area contributed by atoms with Gasteiger partial charge in [0.15, 0.2) is 5.78 Å². The summed E-state index contributed by atoms with van der Waals surface area (Å²) in [6.07, 6.45) is 3.19. The standard InChI is InChI=1S/C13H12OS/c1-9-2-4-10(5-3-9)12(14)13-8-11(13)6-7-15-13/h2-7,11H,8H2,1H3. The molecule has 2 heteroatoms. The van der Waals surface area contributed by atoms with Crippen molar-refractivity contribution in [2.75, 3.05) is 0 Å². The minimum Gasteiger partial charge on any atom is -0.293 e. The number of rotatable bonds is 2. The second-order valence-electron chi connectivity index (χ2n) is 4.34. The average Bonchev–Trinajstić information content (AvgIpc) is 2.82. The van der Waals surface area contributed by atoms with Gasteiger partial charge in [-0.05, 0) is 18.8 Å². The van der Waals surface area contributed by atoms with Gasteiger partial charge in [0.2, 0.25) is 0 Å². The van der Waals surface area contributed by atoms with Crippen LogP contribution in [0.15, 0.2) is 35.7 Å². The van der Waals surface area contributed by atoms with E-state index in [1.807, 2.05) is 31.2 Å². The highest BCUT2D eigenvalue weighted by Gasteiger charge is 2.61. The van der Waals surface area contributed by atoms with Crippen LogP contribution >= 0.6 is 11.8 Å². The Morgan fingerprint density at radius 2 is 2.13 bits per heavy atom. The number of carbonyl (C=O) groups excluding carboxylic acids is 1. The summed E-state index contributed by atoms with van der Waals surface area (Å²) in [5, 5.41) is 2.07. The maximum absolute atomic E-state index is 12.3. The second-order valence-corrected chi connectivity index (χ2v) is 5.58. The molecule has 1 saturated carbocycles. The SMILES string of the molecule is Cc1ccc(C(=O)C23CC2C=CS3)cc1. The number of ketones is 1. The number of aryl methyl sites for hydroxylation is 1. The van der Waals surface area contributed by atoms with E-state index in [2.05, 4.69) is 11.5 Å². The molecule has 2 unspecified atom stereocenters. The molecule has 1 aliphatic heterocycles. The lowest BCUT2D eigenvalue weighted by Crippen LogP contribution is -2.19. The topological polar surface area (TPSA) is 17.1 Å². The second kappa shape index (κ2) is 2.99. The van der Waals surface area contributed by atoms with Gasteiger partial charge in [-0.15, -0.1) is 11.8 Å². The van der Waals surface area contributed by atoms with Crippen molar-refractivity contribution in [3.05, 3.63) is 46.9 Å². The molecule has 1 fully saturated rings. The molecule has 2 aliphatic rings. The highest BCUT2D eigenvalue weighted by molar-refractivity contribution is 8.04. The number of benzene rings is 1. The van der Waals surface area contributed by atoms with Crippen LogP contribution in [0.25, 0.3) is 0 Å². The first-order valence-corrected chi connectivity index (χ1v) is 6.06. The Balaban J connectivity index is 1.90. The van der Waals surface area contributed by atoms with Crippen LogP contribution in [0.3, 0.4) is 0 Å². The Hall–Kier alpha value is -1.02. The van der Waals surface area contributed by atoms with Crippen molar-refractivity contribution in [2.24, 2.45) is 5.92 Å². The molecule has 1 aromatic rings. The van der Waals surface area contributed by atoms with Crippen molar-refractivity contribution >= 4 is 17.5 Å². The monoisotopic (exact) mass is 216 g/mol. The molecule has 1 aliphatic carbocycles. The minimum absolute atomic E-state index is 0.116. The maximum atomic E-state index is 12.3. The van der Waals surface area contributed by atoms with Gasteiger partial charge in [-0.25, -0.2) is 0 Å². The normalized spacial score (nSPS) is 31.4. The van der Waals surface area contributed by atoms with Gasteiger partial charge in [0.1, 0.15) is 0 Å². The smallest absolute Gasteiger partial charge is 0.179 e. The highest BCUT2D eigenvalue weighted by Crippen LogP contribution is 2.61. The molecular weight excluding hydrogens is 204 g/mol. The molecule has 2 atom stereocenters. The van der Waals surface area contributed by atoms with Gasteiger partial charge >= 0.3 is 0 Å². The van der Waals surface area contributed by atoms with Gasteiger partial charge in [0.05, 0.1) is 4.75 Å². The number of hydrogen-bond donors (Lipinski definition) is 0. The molecule has 1 aromatic carbocycles. The third-order valence-corrected chi connectivity index (χ3v) is 4.62. The van der Waals surface area contributed by atoms with E-state index in [1.54, 1.807) is 11.8 Å². The predicted molar refractivity (Wildman–Crippen MR) is 63.1 cm³/mol. The molecule has 0 N–H and O–H groups in total. The number of fused-ring (bicyclic) bond motifs is 1. The van der Waals surface area contributed by atoms with Crippen LogP contribution in [0.2, 0.25) is 0 Å². The third kappa shape index (κ3) is 1.28. The lowest BCUT2D eigenvalue weighted by Gasteiger charge is -2.09. The van der Waals surface area contributed by atoms with Crippen LogP contribution in [-0.4, -0.2) is 10.5 Å². The van der Waals surface area contributed by atoms with Crippen LogP contribution in [-0.2, 0) is 0 Å². The fourth-order valence-electron chi connectivity index (χ4n) is 2.15. The van der Waals surface area contributed by atoms with Crippen LogP contribution in [0, 0.1) is 12.8 Å². The Bertz CT molecular complexity index is 446. The fourth-order valence-corrected chi connectivity index (χ4v) is 3.41. The molecular formula is C13H12OS. The molecule has 0 radical (unpaired) electrons. The van der Waals surface area contributed by atoms with E-state index in [9.17, 15) is 4.79 Å². The largest absolute Gasteiger partial charge is 0.293 e. The molecule has 1 nitrogen and oxygen atoms in total. The Labute approximate surface area is 93.6 Å².